The van der Waals surface area contributed by atoms with Gasteiger partial charge in [-0.25, -0.2) is 0 Å². The summed E-state index contributed by atoms with van der Waals surface area (Å²) in [6.45, 7) is 11.2. The molecular weight excluding hydrogens is 432 g/mol. The van der Waals surface area contributed by atoms with Crippen LogP contribution in [0.4, 0.5) is 0 Å². The predicted octanol–water partition coefficient (Wildman–Crippen LogP) is 10.4. The molecule has 6 aromatic carbocycles. The number of hydrogen-bond acceptors (Lipinski definition) is 0. The summed E-state index contributed by atoms with van der Waals surface area (Å²) in [6, 6.07) is 38.6. The highest BCUT2D eigenvalue weighted by atomic mass is 14.2. The molecule has 0 N–H and O–H groups in total. The van der Waals surface area contributed by atoms with Gasteiger partial charge in [0.2, 0.25) is 0 Å². The zero-order chi connectivity index (χ0) is 25.0. The molecule has 0 fully saturated rings. The molecule has 176 valence electrons. The second-order valence-corrected chi connectivity index (χ2v) is 11.2. The molecule has 0 bridgehead atoms. The molecule has 0 aromatic heterocycles. The maximum absolute atomic E-state index is 2.38. The molecule has 0 aliphatic heterocycles. The van der Waals surface area contributed by atoms with Crippen molar-refractivity contribution >= 4 is 32.3 Å². The van der Waals surface area contributed by atoms with Gasteiger partial charge in [0, 0.05) is 0 Å². The average molecular weight is 465 g/mol. The van der Waals surface area contributed by atoms with Crippen molar-refractivity contribution in [3.63, 3.8) is 0 Å². The Labute approximate surface area is 214 Å². The van der Waals surface area contributed by atoms with E-state index < -0.39 is 0 Å². The van der Waals surface area contributed by atoms with E-state index in [0.29, 0.717) is 0 Å². The number of rotatable bonds is 2. The molecule has 36 heavy (non-hydrogen) atoms. The zero-order valence-electron chi connectivity index (χ0n) is 21.8. The minimum Gasteiger partial charge on any atom is -0.0622 e. The van der Waals surface area contributed by atoms with Gasteiger partial charge in [0.1, 0.15) is 0 Å². The molecule has 0 atom stereocenters. The fourth-order valence-corrected chi connectivity index (χ4v) is 5.55. The van der Waals surface area contributed by atoms with Crippen LogP contribution in [0.3, 0.4) is 0 Å². The molecule has 0 saturated heterocycles. The van der Waals surface area contributed by atoms with E-state index >= 15 is 0 Å². The molecule has 0 spiro atoms. The van der Waals surface area contributed by atoms with Crippen molar-refractivity contribution in [1.82, 2.24) is 0 Å². The summed E-state index contributed by atoms with van der Waals surface area (Å²) in [5, 5.41) is 7.83. The highest BCUT2D eigenvalue weighted by Crippen LogP contribution is 2.44. The quantitative estimate of drug-likeness (QED) is 0.224. The van der Waals surface area contributed by atoms with Crippen molar-refractivity contribution in [2.75, 3.05) is 0 Å². The molecule has 0 amide bonds. The summed E-state index contributed by atoms with van der Waals surface area (Å²) in [4.78, 5) is 0. The summed E-state index contributed by atoms with van der Waals surface area (Å²) in [7, 11) is 0. The molecule has 0 radical (unpaired) electrons. The molecule has 0 aliphatic rings. The predicted molar refractivity (Wildman–Crippen MR) is 158 cm³/mol. The smallest absolute Gasteiger partial charge is 0.00260 e. The van der Waals surface area contributed by atoms with Crippen LogP contribution >= 0.6 is 0 Å². The van der Waals surface area contributed by atoms with Crippen molar-refractivity contribution in [1.29, 1.82) is 0 Å². The van der Waals surface area contributed by atoms with Crippen LogP contribution in [0.15, 0.2) is 103 Å². The fourth-order valence-electron chi connectivity index (χ4n) is 5.55. The molecule has 0 nitrogen and oxygen atoms in total. The largest absolute Gasteiger partial charge is 0.0622 e. The van der Waals surface area contributed by atoms with E-state index in [0.717, 1.165) is 0 Å². The SMILES string of the molecule is Cc1ccc2c(-c3ccc4cc(C(C)(C)C)ccc4c3)c3cc(C)ccc3c(-c3ccccc3)c2c1. The fraction of sp³-hybridized carbons (Fsp3) is 0.167. The number of hydrogen-bond donors (Lipinski definition) is 0. The number of benzene rings is 6. The van der Waals surface area contributed by atoms with Gasteiger partial charge >= 0.3 is 0 Å². The highest BCUT2D eigenvalue weighted by molar-refractivity contribution is 6.22. The van der Waals surface area contributed by atoms with Crippen LogP contribution < -0.4 is 0 Å². The second-order valence-electron chi connectivity index (χ2n) is 11.2. The lowest BCUT2D eigenvalue weighted by Gasteiger charge is -2.20. The third-order valence-corrected chi connectivity index (χ3v) is 7.48. The minimum absolute atomic E-state index is 0.141. The van der Waals surface area contributed by atoms with Crippen molar-refractivity contribution in [2.45, 2.75) is 40.0 Å². The van der Waals surface area contributed by atoms with E-state index in [9.17, 15) is 0 Å². The molecule has 0 aliphatic carbocycles. The van der Waals surface area contributed by atoms with E-state index in [4.69, 9.17) is 0 Å². The Morgan fingerprint density at radius 1 is 0.444 bits per heavy atom. The molecule has 0 heterocycles. The number of aryl methyl sites for hydroxylation is 2. The Kier molecular flexibility index (Phi) is 5.23. The van der Waals surface area contributed by atoms with Crippen molar-refractivity contribution in [3.05, 3.63) is 120 Å². The van der Waals surface area contributed by atoms with Gasteiger partial charge in [-0.3, -0.25) is 0 Å². The lowest BCUT2D eigenvalue weighted by atomic mass is 9.83. The summed E-state index contributed by atoms with van der Waals surface area (Å²) < 4.78 is 0. The van der Waals surface area contributed by atoms with E-state index in [2.05, 4.69) is 138 Å². The first-order valence-corrected chi connectivity index (χ1v) is 12.9. The van der Waals surface area contributed by atoms with Gasteiger partial charge in [-0.15, -0.1) is 0 Å². The monoisotopic (exact) mass is 464 g/mol. The van der Waals surface area contributed by atoms with Gasteiger partial charge in [-0.1, -0.05) is 129 Å². The van der Waals surface area contributed by atoms with E-state index in [1.807, 2.05) is 0 Å². The Balaban J connectivity index is 1.71. The third-order valence-electron chi connectivity index (χ3n) is 7.48. The van der Waals surface area contributed by atoms with Crippen LogP contribution in [0.25, 0.3) is 54.6 Å². The lowest BCUT2D eigenvalue weighted by molar-refractivity contribution is 0.591. The maximum Gasteiger partial charge on any atom is -0.00260 e. The summed E-state index contributed by atoms with van der Waals surface area (Å²) in [5.41, 5.74) is 9.26. The summed E-state index contributed by atoms with van der Waals surface area (Å²) >= 11 is 0. The Morgan fingerprint density at radius 3 is 1.61 bits per heavy atom. The number of fused-ring (bicyclic) bond motifs is 3. The van der Waals surface area contributed by atoms with Gasteiger partial charge < -0.3 is 0 Å². The first kappa shape index (κ1) is 22.6. The maximum atomic E-state index is 2.38. The van der Waals surface area contributed by atoms with E-state index in [1.165, 1.54) is 71.3 Å². The molecule has 0 heteroatoms. The van der Waals surface area contributed by atoms with Gasteiger partial charge in [0.05, 0.1) is 0 Å². The minimum atomic E-state index is 0.141. The van der Waals surface area contributed by atoms with Crippen LogP contribution in [0.5, 0.6) is 0 Å². The summed E-state index contributed by atoms with van der Waals surface area (Å²) in [5.74, 6) is 0. The molecule has 6 rings (SSSR count). The van der Waals surface area contributed by atoms with Crippen LogP contribution in [-0.4, -0.2) is 0 Å². The van der Waals surface area contributed by atoms with Gasteiger partial charge in [0.25, 0.3) is 0 Å². The van der Waals surface area contributed by atoms with Crippen molar-refractivity contribution in [3.8, 4) is 22.3 Å². The van der Waals surface area contributed by atoms with Crippen LogP contribution in [0, 0.1) is 13.8 Å². The van der Waals surface area contributed by atoms with Crippen LogP contribution in [-0.2, 0) is 5.41 Å². The first-order valence-electron chi connectivity index (χ1n) is 12.9. The molecule has 6 aromatic rings. The summed E-state index contributed by atoms with van der Waals surface area (Å²) in [6.07, 6.45) is 0. The van der Waals surface area contributed by atoms with Gasteiger partial charge in [-0.2, -0.15) is 0 Å². The van der Waals surface area contributed by atoms with E-state index in [-0.39, 0.29) is 5.41 Å². The topological polar surface area (TPSA) is 0 Å². The van der Waals surface area contributed by atoms with Crippen LogP contribution in [0.2, 0.25) is 0 Å². The van der Waals surface area contributed by atoms with Crippen LogP contribution in [0.1, 0.15) is 37.5 Å². The second kappa shape index (κ2) is 8.35. The normalized spacial score (nSPS) is 12.0. The average Bonchev–Trinajstić information content (AvgIpc) is 2.86. The van der Waals surface area contributed by atoms with Gasteiger partial charge in [-0.05, 0) is 85.5 Å². The molecular formula is C36H32. The van der Waals surface area contributed by atoms with Gasteiger partial charge in [0.15, 0.2) is 0 Å². The van der Waals surface area contributed by atoms with Crippen molar-refractivity contribution in [2.24, 2.45) is 0 Å². The standard InChI is InChI=1S/C36H32/c1-23-12-18-31-32(19-23)34(25-9-7-6-8-10-25)30-17-11-24(2)20-33(30)35(31)28-14-13-27-22-29(36(3,4)5)16-15-26(27)21-28/h6-22H,1-5H3. The molecule has 0 unspecified atom stereocenters. The Bertz CT molecular complexity index is 1760. The Morgan fingerprint density at radius 2 is 1.00 bits per heavy atom. The zero-order valence-corrected chi connectivity index (χ0v) is 21.8. The lowest BCUT2D eigenvalue weighted by Crippen LogP contribution is -2.10. The van der Waals surface area contributed by atoms with E-state index in [1.54, 1.807) is 0 Å². The first-order chi connectivity index (χ1) is 17.3. The van der Waals surface area contributed by atoms with Crippen molar-refractivity contribution < 1.29 is 0 Å². The molecule has 0 saturated carbocycles. The Hall–Kier alpha value is -3.90. The third kappa shape index (κ3) is 3.78. The highest BCUT2D eigenvalue weighted by Gasteiger charge is 2.18.